The van der Waals surface area contributed by atoms with E-state index >= 15 is 0 Å². The zero-order chi connectivity index (χ0) is 19.3. The number of hydrogen-bond donors (Lipinski definition) is 2. The first kappa shape index (κ1) is 18.8. The first-order valence-corrected chi connectivity index (χ1v) is 8.44. The van der Waals surface area contributed by atoms with Gasteiger partial charge in [0.2, 0.25) is 0 Å². The molecule has 1 aromatic heterocycles. The number of fused-ring (bicyclic) bond motifs is 1. The Morgan fingerprint density at radius 3 is 2.78 bits per heavy atom. The van der Waals surface area contributed by atoms with Crippen LogP contribution in [0.5, 0.6) is 5.75 Å². The molecular formula is C20H18F3N3O. The summed E-state index contributed by atoms with van der Waals surface area (Å²) in [5, 5.41) is 13.3. The minimum absolute atomic E-state index is 0.201. The number of aromatic nitrogens is 1. The maximum absolute atomic E-state index is 12.2. The van der Waals surface area contributed by atoms with E-state index in [9.17, 15) is 13.2 Å². The van der Waals surface area contributed by atoms with Gasteiger partial charge in [0.1, 0.15) is 5.75 Å². The summed E-state index contributed by atoms with van der Waals surface area (Å²) in [4.78, 5) is 3.19. The molecule has 0 bridgehead atoms. The van der Waals surface area contributed by atoms with Gasteiger partial charge in [-0.15, -0.1) is 0 Å². The Labute approximate surface area is 154 Å². The fourth-order valence-electron chi connectivity index (χ4n) is 2.82. The Hall–Kier alpha value is -2.98. The average Bonchev–Trinajstić information content (AvgIpc) is 3.05. The van der Waals surface area contributed by atoms with Gasteiger partial charge in [-0.1, -0.05) is 12.1 Å². The van der Waals surface area contributed by atoms with Crippen molar-refractivity contribution in [3.63, 3.8) is 0 Å². The number of hydrogen-bond acceptors (Lipinski definition) is 3. The highest BCUT2D eigenvalue weighted by Gasteiger charge is 2.28. The summed E-state index contributed by atoms with van der Waals surface area (Å²) in [7, 11) is 0. The van der Waals surface area contributed by atoms with E-state index in [0.29, 0.717) is 18.7 Å². The van der Waals surface area contributed by atoms with E-state index in [4.69, 9.17) is 10.00 Å². The first-order valence-electron chi connectivity index (χ1n) is 8.44. The SMILES string of the molecule is N#Cc1ccc2[nH]cc(CCNCc3cccc(OCC(F)(F)F)c3)c2c1. The number of nitrogens with one attached hydrogen (secondary N) is 2. The van der Waals surface area contributed by atoms with Gasteiger partial charge in [-0.2, -0.15) is 18.4 Å². The molecule has 1 heterocycles. The fraction of sp³-hybridized carbons (Fsp3) is 0.250. The largest absolute Gasteiger partial charge is 0.484 e. The van der Waals surface area contributed by atoms with Crippen molar-refractivity contribution in [2.75, 3.05) is 13.2 Å². The summed E-state index contributed by atoms with van der Waals surface area (Å²) >= 11 is 0. The minimum atomic E-state index is -4.35. The van der Waals surface area contributed by atoms with Crippen molar-refractivity contribution < 1.29 is 17.9 Å². The van der Waals surface area contributed by atoms with Crippen LogP contribution in [0.2, 0.25) is 0 Å². The molecule has 3 rings (SSSR count). The Kier molecular flexibility index (Phi) is 5.67. The third-order valence-corrected chi connectivity index (χ3v) is 4.10. The Balaban J connectivity index is 1.53. The van der Waals surface area contributed by atoms with E-state index in [1.165, 1.54) is 6.07 Å². The fourth-order valence-corrected chi connectivity index (χ4v) is 2.82. The van der Waals surface area contributed by atoms with Crippen LogP contribution in [-0.4, -0.2) is 24.3 Å². The van der Waals surface area contributed by atoms with Crippen LogP contribution in [0.15, 0.2) is 48.7 Å². The molecule has 0 spiro atoms. The van der Waals surface area contributed by atoms with Gasteiger partial charge < -0.3 is 15.0 Å². The molecule has 0 atom stereocenters. The predicted molar refractivity (Wildman–Crippen MR) is 96.4 cm³/mol. The van der Waals surface area contributed by atoms with E-state index in [1.807, 2.05) is 24.4 Å². The van der Waals surface area contributed by atoms with E-state index in [2.05, 4.69) is 16.4 Å². The second-order valence-corrected chi connectivity index (χ2v) is 6.16. The lowest BCUT2D eigenvalue weighted by molar-refractivity contribution is -0.153. The molecule has 2 aromatic carbocycles. The normalized spacial score (nSPS) is 11.5. The quantitative estimate of drug-likeness (QED) is 0.607. The maximum Gasteiger partial charge on any atom is 0.422 e. The molecule has 0 radical (unpaired) electrons. The molecule has 0 fully saturated rings. The molecule has 27 heavy (non-hydrogen) atoms. The lowest BCUT2D eigenvalue weighted by Crippen LogP contribution is -2.19. The first-order chi connectivity index (χ1) is 12.9. The second kappa shape index (κ2) is 8.14. The van der Waals surface area contributed by atoms with Crippen LogP contribution in [0, 0.1) is 11.3 Å². The van der Waals surface area contributed by atoms with Gasteiger partial charge in [0, 0.05) is 23.6 Å². The maximum atomic E-state index is 12.2. The molecular weight excluding hydrogens is 355 g/mol. The Morgan fingerprint density at radius 2 is 2.00 bits per heavy atom. The highest BCUT2D eigenvalue weighted by molar-refractivity contribution is 5.84. The van der Waals surface area contributed by atoms with Gasteiger partial charge in [-0.05, 0) is 54.4 Å². The summed E-state index contributed by atoms with van der Waals surface area (Å²) < 4.78 is 41.4. The number of benzene rings is 2. The molecule has 0 aliphatic heterocycles. The topological polar surface area (TPSA) is 60.8 Å². The van der Waals surface area contributed by atoms with Gasteiger partial charge in [0.05, 0.1) is 11.6 Å². The van der Waals surface area contributed by atoms with Gasteiger partial charge in [-0.25, -0.2) is 0 Å². The second-order valence-electron chi connectivity index (χ2n) is 6.16. The molecule has 0 amide bonds. The molecule has 140 valence electrons. The van der Waals surface area contributed by atoms with Crippen LogP contribution < -0.4 is 10.1 Å². The van der Waals surface area contributed by atoms with Gasteiger partial charge in [0.25, 0.3) is 0 Å². The van der Waals surface area contributed by atoms with Crippen LogP contribution in [0.4, 0.5) is 13.2 Å². The number of H-pyrrole nitrogens is 1. The number of ether oxygens (including phenoxy) is 1. The smallest absolute Gasteiger partial charge is 0.422 e. The summed E-state index contributed by atoms with van der Waals surface area (Å²) in [6.07, 6.45) is -1.66. The van der Waals surface area contributed by atoms with Crippen molar-refractivity contribution in [1.29, 1.82) is 5.26 Å². The summed E-state index contributed by atoms with van der Waals surface area (Å²) in [5.41, 5.74) is 3.56. The zero-order valence-electron chi connectivity index (χ0n) is 14.4. The number of halogens is 3. The predicted octanol–water partition coefficient (Wildman–Crippen LogP) is 4.31. The number of nitriles is 1. The van der Waals surface area contributed by atoms with Gasteiger partial charge in [0.15, 0.2) is 6.61 Å². The number of rotatable bonds is 7. The van der Waals surface area contributed by atoms with Crippen LogP contribution in [0.25, 0.3) is 10.9 Å². The molecule has 4 nitrogen and oxygen atoms in total. The molecule has 0 saturated carbocycles. The molecule has 0 aliphatic carbocycles. The lowest BCUT2D eigenvalue weighted by atomic mass is 10.1. The van der Waals surface area contributed by atoms with Gasteiger partial charge in [-0.3, -0.25) is 0 Å². The van der Waals surface area contributed by atoms with Crippen molar-refractivity contribution in [2.24, 2.45) is 0 Å². The third-order valence-electron chi connectivity index (χ3n) is 4.10. The summed E-state index contributed by atoms with van der Waals surface area (Å²) in [5.74, 6) is 0.201. The van der Waals surface area contributed by atoms with Crippen molar-refractivity contribution in [3.05, 3.63) is 65.4 Å². The van der Waals surface area contributed by atoms with Crippen molar-refractivity contribution in [2.45, 2.75) is 19.1 Å². The standard InChI is InChI=1S/C20H18F3N3O/c21-20(22,23)13-27-17-3-1-2-15(8-17)11-25-7-6-16-12-26-19-5-4-14(10-24)9-18(16)19/h1-5,8-9,12,25-26H,6-7,11,13H2. The lowest BCUT2D eigenvalue weighted by Gasteiger charge is -2.10. The van der Waals surface area contributed by atoms with Crippen molar-refractivity contribution in [1.82, 2.24) is 10.3 Å². The molecule has 0 aliphatic rings. The highest BCUT2D eigenvalue weighted by atomic mass is 19.4. The number of alkyl halides is 3. The van der Waals surface area contributed by atoms with Gasteiger partial charge >= 0.3 is 6.18 Å². The summed E-state index contributed by atoms with van der Waals surface area (Å²) in [6, 6.07) is 14.3. The van der Waals surface area contributed by atoms with Crippen LogP contribution in [0.3, 0.4) is 0 Å². The van der Waals surface area contributed by atoms with E-state index < -0.39 is 12.8 Å². The van der Waals surface area contributed by atoms with Crippen LogP contribution >= 0.6 is 0 Å². The number of aromatic amines is 1. The molecule has 0 unspecified atom stereocenters. The monoisotopic (exact) mass is 373 g/mol. The van der Waals surface area contributed by atoms with E-state index in [-0.39, 0.29) is 5.75 Å². The van der Waals surface area contributed by atoms with Crippen LogP contribution in [-0.2, 0) is 13.0 Å². The third kappa shape index (κ3) is 5.25. The highest BCUT2D eigenvalue weighted by Crippen LogP contribution is 2.21. The Bertz CT molecular complexity index is 957. The zero-order valence-corrected chi connectivity index (χ0v) is 14.4. The molecule has 2 N–H and O–H groups in total. The van der Waals surface area contributed by atoms with Crippen molar-refractivity contribution >= 4 is 10.9 Å². The number of nitrogens with zero attached hydrogens (tertiary/aromatic N) is 1. The Morgan fingerprint density at radius 1 is 1.15 bits per heavy atom. The average molecular weight is 373 g/mol. The van der Waals surface area contributed by atoms with Crippen molar-refractivity contribution in [3.8, 4) is 11.8 Å². The summed E-state index contributed by atoms with van der Waals surface area (Å²) in [6.45, 7) is -0.0818. The minimum Gasteiger partial charge on any atom is -0.484 e. The molecule has 7 heteroatoms. The van der Waals surface area contributed by atoms with E-state index in [1.54, 1.807) is 18.2 Å². The molecule has 3 aromatic rings. The van der Waals surface area contributed by atoms with Crippen LogP contribution in [0.1, 0.15) is 16.7 Å². The molecule has 0 saturated heterocycles. The van der Waals surface area contributed by atoms with E-state index in [0.717, 1.165) is 28.5 Å².